The number of carbonyl (C=O) groups excluding carboxylic acids is 1. The predicted molar refractivity (Wildman–Crippen MR) is 80.8 cm³/mol. The van der Waals surface area contributed by atoms with Crippen LogP contribution < -0.4 is 14.8 Å². The van der Waals surface area contributed by atoms with Gasteiger partial charge in [0.15, 0.2) is 6.61 Å². The van der Waals surface area contributed by atoms with Gasteiger partial charge in [-0.3, -0.25) is 4.79 Å². The van der Waals surface area contributed by atoms with Crippen molar-refractivity contribution in [3.05, 3.63) is 46.7 Å². The van der Waals surface area contributed by atoms with Crippen molar-refractivity contribution in [2.24, 2.45) is 0 Å². The van der Waals surface area contributed by atoms with Gasteiger partial charge in [0.05, 0.1) is 7.11 Å². The van der Waals surface area contributed by atoms with Crippen LogP contribution in [0.4, 0.5) is 0 Å². The summed E-state index contributed by atoms with van der Waals surface area (Å²) < 4.78 is 10.4. The van der Waals surface area contributed by atoms with Gasteiger partial charge in [-0.15, -0.1) is 11.3 Å². The van der Waals surface area contributed by atoms with Crippen LogP contribution in [-0.2, 0) is 4.79 Å². The molecule has 5 nitrogen and oxygen atoms in total. The Bertz CT molecular complexity index is 554. The molecule has 1 aromatic carbocycles. The minimum Gasteiger partial charge on any atom is -0.497 e. The monoisotopic (exact) mass is 307 g/mol. The number of hydrogen-bond acceptors (Lipinski definition) is 5. The Labute approximate surface area is 127 Å². The van der Waals surface area contributed by atoms with E-state index in [2.05, 4.69) is 5.32 Å². The molecule has 0 aliphatic carbocycles. The largest absolute Gasteiger partial charge is 0.497 e. The van der Waals surface area contributed by atoms with Gasteiger partial charge < -0.3 is 19.9 Å². The van der Waals surface area contributed by atoms with E-state index in [1.54, 1.807) is 31.4 Å². The number of amides is 1. The molecular weight excluding hydrogens is 290 g/mol. The van der Waals surface area contributed by atoms with E-state index >= 15 is 0 Å². The standard InChI is InChI=1S/C15H17NO4S/c1-19-11-4-6-12(7-5-11)20-10-15(18)16-9-13(17)14-3-2-8-21-14/h2-8,13,17H,9-10H2,1H3,(H,16,18). The molecule has 1 heterocycles. The molecule has 1 atom stereocenters. The van der Waals surface area contributed by atoms with Gasteiger partial charge >= 0.3 is 0 Å². The van der Waals surface area contributed by atoms with Gasteiger partial charge in [0.2, 0.25) is 0 Å². The van der Waals surface area contributed by atoms with Crippen LogP contribution in [-0.4, -0.2) is 31.3 Å². The first-order valence-electron chi connectivity index (χ1n) is 6.44. The predicted octanol–water partition coefficient (Wildman–Crippen LogP) is 1.99. The zero-order valence-corrected chi connectivity index (χ0v) is 12.4. The molecule has 0 aliphatic heterocycles. The smallest absolute Gasteiger partial charge is 0.258 e. The summed E-state index contributed by atoms with van der Waals surface area (Å²) in [7, 11) is 1.59. The maximum Gasteiger partial charge on any atom is 0.258 e. The fraction of sp³-hybridized carbons (Fsp3) is 0.267. The first kappa shape index (κ1) is 15.3. The van der Waals surface area contributed by atoms with Gasteiger partial charge in [0.1, 0.15) is 17.6 Å². The first-order chi connectivity index (χ1) is 10.2. The lowest BCUT2D eigenvalue weighted by atomic mass is 10.3. The van der Waals surface area contributed by atoms with Crippen LogP contribution in [0.25, 0.3) is 0 Å². The Kier molecular flexibility index (Phi) is 5.59. The molecule has 2 aromatic rings. The third-order valence-electron chi connectivity index (χ3n) is 2.79. The van der Waals surface area contributed by atoms with Crippen molar-refractivity contribution in [1.29, 1.82) is 0 Å². The molecule has 0 bridgehead atoms. The molecule has 0 spiro atoms. The number of nitrogens with one attached hydrogen (secondary N) is 1. The highest BCUT2D eigenvalue weighted by molar-refractivity contribution is 7.10. The van der Waals surface area contributed by atoms with Crippen LogP contribution in [0.3, 0.4) is 0 Å². The second kappa shape index (κ2) is 7.66. The first-order valence-corrected chi connectivity index (χ1v) is 7.32. The number of ether oxygens (including phenoxy) is 2. The van der Waals surface area contributed by atoms with Gasteiger partial charge in [0.25, 0.3) is 5.91 Å². The van der Waals surface area contributed by atoms with Crippen molar-refractivity contribution in [3.8, 4) is 11.5 Å². The highest BCUT2D eigenvalue weighted by Gasteiger charge is 2.10. The van der Waals surface area contributed by atoms with E-state index in [9.17, 15) is 9.90 Å². The fourth-order valence-corrected chi connectivity index (χ4v) is 2.38. The summed E-state index contributed by atoms with van der Waals surface area (Å²) in [5.74, 6) is 1.04. The molecule has 6 heteroatoms. The van der Waals surface area contributed by atoms with Crippen molar-refractivity contribution in [2.75, 3.05) is 20.3 Å². The average Bonchev–Trinajstić information content (AvgIpc) is 3.05. The van der Waals surface area contributed by atoms with Crippen LogP contribution in [0, 0.1) is 0 Å². The van der Waals surface area contributed by atoms with Gasteiger partial charge in [-0.05, 0) is 35.7 Å². The van der Waals surface area contributed by atoms with E-state index in [-0.39, 0.29) is 19.1 Å². The van der Waals surface area contributed by atoms with Crippen LogP contribution >= 0.6 is 11.3 Å². The fourth-order valence-electron chi connectivity index (χ4n) is 1.66. The molecule has 0 radical (unpaired) electrons. The van der Waals surface area contributed by atoms with Gasteiger partial charge in [-0.1, -0.05) is 6.07 Å². The zero-order chi connectivity index (χ0) is 15.1. The molecule has 0 aliphatic rings. The lowest BCUT2D eigenvalue weighted by Crippen LogP contribution is -2.32. The van der Waals surface area contributed by atoms with Gasteiger partial charge in [-0.2, -0.15) is 0 Å². The molecular formula is C15H17NO4S. The Balaban J connectivity index is 1.71. The van der Waals surface area contributed by atoms with E-state index in [1.165, 1.54) is 11.3 Å². The molecule has 1 aromatic heterocycles. The summed E-state index contributed by atoms with van der Waals surface area (Å²) in [5.41, 5.74) is 0. The highest BCUT2D eigenvalue weighted by atomic mass is 32.1. The molecule has 112 valence electrons. The number of thiophene rings is 1. The maximum atomic E-state index is 11.6. The third kappa shape index (κ3) is 4.77. The minimum absolute atomic E-state index is 0.0938. The summed E-state index contributed by atoms with van der Waals surface area (Å²) in [6.45, 7) is 0.0782. The Morgan fingerprint density at radius 2 is 2.00 bits per heavy atom. The number of rotatable bonds is 7. The van der Waals surface area contributed by atoms with Crippen LogP contribution in [0.15, 0.2) is 41.8 Å². The normalized spacial score (nSPS) is 11.7. The van der Waals surface area contributed by atoms with Crippen LogP contribution in [0.1, 0.15) is 11.0 Å². The Morgan fingerprint density at radius 1 is 1.29 bits per heavy atom. The molecule has 0 saturated carbocycles. The second-order valence-corrected chi connectivity index (χ2v) is 5.28. The van der Waals surface area contributed by atoms with Gasteiger partial charge in [-0.25, -0.2) is 0 Å². The Hall–Kier alpha value is -2.05. The number of benzene rings is 1. The number of hydrogen-bond donors (Lipinski definition) is 2. The maximum absolute atomic E-state index is 11.6. The number of methoxy groups -OCH3 is 1. The van der Waals surface area contributed by atoms with Gasteiger partial charge in [0, 0.05) is 11.4 Å². The molecule has 21 heavy (non-hydrogen) atoms. The SMILES string of the molecule is COc1ccc(OCC(=O)NCC(O)c2cccs2)cc1. The third-order valence-corrected chi connectivity index (χ3v) is 3.77. The van der Waals surface area contributed by atoms with Crippen LogP contribution in [0.5, 0.6) is 11.5 Å². The van der Waals surface area contributed by atoms with E-state index in [1.807, 2.05) is 17.5 Å². The Morgan fingerprint density at radius 3 is 2.62 bits per heavy atom. The van der Waals surface area contributed by atoms with E-state index < -0.39 is 6.10 Å². The van der Waals surface area contributed by atoms with Crippen molar-refractivity contribution in [3.63, 3.8) is 0 Å². The highest BCUT2D eigenvalue weighted by Crippen LogP contribution is 2.18. The van der Waals surface area contributed by atoms with E-state index in [0.29, 0.717) is 5.75 Å². The van der Waals surface area contributed by atoms with E-state index in [0.717, 1.165) is 10.6 Å². The summed E-state index contributed by atoms with van der Waals surface area (Å²) in [4.78, 5) is 12.5. The number of carbonyl (C=O) groups is 1. The van der Waals surface area contributed by atoms with Crippen molar-refractivity contribution in [2.45, 2.75) is 6.10 Å². The number of aliphatic hydroxyl groups excluding tert-OH is 1. The average molecular weight is 307 g/mol. The number of aliphatic hydroxyl groups is 1. The van der Waals surface area contributed by atoms with Crippen molar-refractivity contribution >= 4 is 17.2 Å². The molecule has 2 rings (SSSR count). The molecule has 1 amide bonds. The molecule has 1 unspecified atom stereocenters. The summed E-state index contributed by atoms with van der Waals surface area (Å²) in [6, 6.07) is 10.7. The lowest BCUT2D eigenvalue weighted by molar-refractivity contribution is -0.123. The summed E-state index contributed by atoms with van der Waals surface area (Å²) >= 11 is 1.45. The molecule has 0 fully saturated rings. The second-order valence-electron chi connectivity index (χ2n) is 4.30. The minimum atomic E-state index is -0.685. The van der Waals surface area contributed by atoms with Crippen molar-refractivity contribution < 1.29 is 19.4 Å². The molecule has 0 saturated heterocycles. The zero-order valence-electron chi connectivity index (χ0n) is 11.6. The lowest BCUT2D eigenvalue weighted by Gasteiger charge is -2.11. The molecule has 2 N–H and O–H groups in total. The van der Waals surface area contributed by atoms with E-state index in [4.69, 9.17) is 9.47 Å². The topological polar surface area (TPSA) is 67.8 Å². The quantitative estimate of drug-likeness (QED) is 0.821. The summed E-state index contributed by atoms with van der Waals surface area (Å²) in [6.07, 6.45) is -0.685. The van der Waals surface area contributed by atoms with Crippen LogP contribution in [0.2, 0.25) is 0 Å². The van der Waals surface area contributed by atoms with Crippen molar-refractivity contribution in [1.82, 2.24) is 5.32 Å². The summed E-state index contributed by atoms with van der Waals surface area (Å²) in [5, 5.41) is 14.4.